The Balaban J connectivity index is 4.12. The van der Waals surface area contributed by atoms with E-state index in [0.717, 1.165) is 96.3 Å². The highest BCUT2D eigenvalue weighted by molar-refractivity contribution is 5.71. The summed E-state index contributed by atoms with van der Waals surface area (Å²) in [6.07, 6.45) is 93.9. The van der Waals surface area contributed by atoms with Crippen molar-refractivity contribution in [1.82, 2.24) is 0 Å². The molecule has 0 radical (unpaired) electrons. The van der Waals surface area contributed by atoms with Crippen LogP contribution in [-0.2, 0) is 28.6 Å². The quantitative estimate of drug-likeness (QED) is 0.0261. The van der Waals surface area contributed by atoms with Gasteiger partial charge in [-0.3, -0.25) is 14.4 Å². The van der Waals surface area contributed by atoms with E-state index in [1.165, 1.54) is 244 Å². The van der Waals surface area contributed by atoms with Crippen LogP contribution in [0, 0.1) is 0 Å². The number of carbonyl (C=O) groups is 3. The van der Waals surface area contributed by atoms with Gasteiger partial charge in [-0.2, -0.15) is 0 Å². The number of esters is 3. The van der Waals surface area contributed by atoms with E-state index in [4.69, 9.17) is 14.2 Å². The predicted molar refractivity (Wildman–Crippen MR) is 362 cm³/mol. The summed E-state index contributed by atoms with van der Waals surface area (Å²) in [4.78, 5) is 38.4. The zero-order valence-electron chi connectivity index (χ0n) is 55.5. The van der Waals surface area contributed by atoms with Gasteiger partial charge in [-0.1, -0.05) is 331 Å². The fourth-order valence-electron chi connectivity index (χ4n) is 10.7. The minimum atomic E-state index is -0.783. The molecular weight excluding hydrogens is 1020 g/mol. The Labute approximate surface area is 516 Å². The largest absolute Gasteiger partial charge is 0.462 e. The molecule has 0 saturated heterocycles. The van der Waals surface area contributed by atoms with Crippen LogP contribution in [-0.4, -0.2) is 37.2 Å². The number of hydrogen-bond acceptors (Lipinski definition) is 6. The second-order valence-corrected chi connectivity index (χ2v) is 24.5. The number of allylic oxidation sites excluding steroid dienone is 12. The van der Waals surface area contributed by atoms with Crippen LogP contribution in [0.2, 0.25) is 0 Å². The monoisotopic (exact) mass is 1160 g/mol. The molecule has 83 heavy (non-hydrogen) atoms. The summed E-state index contributed by atoms with van der Waals surface area (Å²) in [7, 11) is 0. The van der Waals surface area contributed by atoms with Crippen molar-refractivity contribution in [3.8, 4) is 0 Å². The van der Waals surface area contributed by atoms with Crippen LogP contribution < -0.4 is 0 Å². The molecule has 0 aliphatic carbocycles. The average molecular weight is 1160 g/mol. The highest BCUT2D eigenvalue weighted by atomic mass is 16.6. The third-order valence-corrected chi connectivity index (χ3v) is 16.2. The molecule has 6 heteroatoms. The fourth-order valence-corrected chi connectivity index (χ4v) is 10.7. The molecule has 0 aliphatic rings. The molecule has 0 N–H and O–H groups in total. The van der Waals surface area contributed by atoms with E-state index >= 15 is 0 Å². The topological polar surface area (TPSA) is 78.9 Å². The van der Waals surface area contributed by atoms with Crippen molar-refractivity contribution in [2.45, 2.75) is 386 Å². The molecule has 0 saturated carbocycles. The second-order valence-electron chi connectivity index (χ2n) is 24.5. The lowest BCUT2D eigenvalue weighted by Crippen LogP contribution is -2.30. The molecule has 0 amide bonds. The average Bonchev–Trinajstić information content (AvgIpc) is 3.48. The van der Waals surface area contributed by atoms with Crippen molar-refractivity contribution >= 4 is 17.9 Å². The van der Waals surface area contributed by atoms with Gasteiger partial charge in [0.1, 0.15) is 13.2 Å². The summed E-state index contributed by atoms with van der Waals surface area (Å²) < 4.78 is 16.9. The Hall–Kier alpha value is -3.15. The van der Waals surface area contributed by atoms with Crippen molar-refractivity contribution in [1.29, 1.82) is 0 Å². The first-order valence-electron chi connectivity index (χ1n) is 36.4. The lowest BCUT2D eigenvalue weighted by atomic mass is 10.0. The van der Waals surface area contributed by atoms with Gasteiger partial charge in [-0.25, -0.2) is 0 Å². The molecular formula is C77H138O6. The van der Waals surface area contributed by atoms with Crippen LogP contribution in [0.3, 0.4) is 0 Å². The molecule has 1 unspecified atom stereocenters. The Morgan fingerprint density at radius 1 is 0.253 bits per heavy atom. The van der Waals surface area contributed by atoms with Crippen molar-refractivity contribution < 1.29 is 28.6 Å². The zero-order valence-corrected chi connectivity index (χ0v) is 55.5. The molecule has 0 rings (SSSR count). The summed E-state index contributed by atoms with van der Waals surface area (Å²) >= 11 is 0. The van der Waals surface area contributed by atoms with E-state index in [1.54, 1.807) is 0 Å². The Morgan fingerprint density at radius 2 is 0.482 bits per heavy atom. The number of rotatable bonds is 67. The van der Waals surface area contributed by atoms with Gasteiger partial charge in [0.2, 0.25) is 0 Å². The van der Waals surface area contributed by atoms with Crippen LogP contribution in [0.25, 0.3) is 0 Å². The van der Waals surface area contributed by atoms with Crippen LogP contribution in [0.15, 0.2) is 72.9 Å². The van der Waals surface area contributed by atoms with Gasteiger partial charge in [0.05, 0.1) is 0 Å². The Bertz CT molecular complexity index is 1520. The lowest BCUT2D eigenvalue weighted by molar-refractivity contribution is -0.167. The molecule has 0 heterocycles. The summed E-state index contributed by atoms with van der Waals surface area (Å²) in [6.45, 7) is 6.53. The first-order valence-corrected chi connectivity index (χ1v) is 36.4. The van der Waals surface area contributed by atoms with Gasteiger partial charge >= 0.3 is 17.9 Å². The van der Waals surface area contributed by atoms with E-state index in [9.17, 15) is 14.4 Å². The van der Waals surface area contributed by atoms with Crippen molar-refractivity contribution in [3.63, 3.8) is 0 Å². The third-order valence-electron chi connectivity index (χ3n) is 16.2. The minimum absolute atomic E-state index is 0.0780. The van der Waals surface area contributed by atoms with Gasteiger partial charge in [0, 0.05) is 19.3 Å². The maximum Gasteiger partial charge on any atom is 0.306 e. The van der Waals surface area contributed by atoms with E-state index in [0.29, 0.717) is 19.3 Å². The first-order chi connectivity index (χ1) is 41.0. The molecule has 0 spiro atoms. The lowest BCUT2D eigenvalue weighted by Gasteiger charge is -2.18. The Kier molecular flexibility index (Phi) is 68.6. The highest BCUT2D eigenvalue weighted by Crippen LogP contribution is 2.18. The van der Waals surface area contributed by atoms with E-state index < -0.39 is 6.10 Å². The maximum absolute atomic E-state index is 12.9. The normalized spacial score (nSPS) is 12.5. The molecule has 0 aromatic rings. The molecule has 0 aliphatic heterocycles. The number of hydrogen-bond donors (Lipinski definition) is 0. The number of unbranched alkanes of at least 4 members (excludes halogenated alkanes) is 44. The van der Waals surface area contributed by atoms with Crippen molar-refractivity contribution in [2.75, 3.05) is 13.2 Å². The molecule has 482 valence electrons. The zero-order chi connectivity index (χ0) is 59.9. The maximum atomic E-state index is 12.9. The summed E-state index contributed by atoms with van der Waals surface area (Å²) in [5.41, 5.74) is 0. The molecule has 0 fully saturated rings. The van der Waals surface area contributed by atoms with Crippen molar-refractivity contribution in [3.05, 3.63) is 72.9 Å². The fraction of sp³-hybridized carbons (Fsp3) is 0.805. The molecule has 6 nitrogen and oxygen atoms in total. The summed E-state index contributed by atoms with van der Waals surface area (Å²) in [5, 5.41) is 0. The van der Waals surface area contributed by atoms with Crippen LogP contribution in [0.4, 0.5) is 0 Å². The number of carbonyl (C=O) groups excluding carboxylic acids is 3. The van der Waals surface area contributed by atoms with Gasteiger partial charge in [0.15, 0.2) is 6.10 Å². The van der Waals surface area contributed by atoms with Crippen LogP contribution >= 0.6 is 0 Å². The molecule has 0 aromatic carbocycles. The third kappa shape index (κ3) is 69.5. The van der Waals surface area contributed by atoms with E-state index in [-0.39, 0.29) is 31.1 Å². The number of ether oxygens (including phenoxy) is 3. The van der Waals surface area contributed by atoms with Crippen LogP contribution in [0.1, 0.15) is 380 Å². The summed E-state index contributed by atoms with van der Waals surface area (Å²) in [6, 6.07) is 0. The van der Waals surface area contributed by atoms with E-state index in [1.807, 2.05) is 0 Å². The Morgan fingerprint density at radius 3 is 0.783 bits per heavy atom. The SMILES string of the molecule is CC/C=C\C/C=C\C/C=C\C/C=C\CCCCCCCCCCC(=O)OC(COC(=O)CCCCCCC/C=C\CCCC)COC(=O)CCCCCCCCCCCCCCCCCCCCCCC/C=C\CCCCCCCCCC. The highest BCUT2D eigenvalue weighted by Gasteiger charge is 2.19. The van der Waals surface area contributed by atoms with Gasteiger partial charge in [-0.15, -0.1) is 0 Å². The molecule has 0 bridgehead atoms. The van der Waals surface area contributed by atoms with E-state index in [2.05, 4.69) is 93.7 Å². The molecule has 0 aromatic heterocycles. The van der Waals surface area contributed by atoms with Crippen molar-refractivity contribution in [2.24, 2.45) is 0 Å². The van der Waals surface area contributed by atoms with Gasteiger partial charge in [-0.05, 0) is 103 Å². The van der Waals surface area contributed by atoms with Gasteiger partial charge < -0.3 is 14.2 Å². The smallest absolute Gasteiger partial charge is 0.306 e. The molecule has 1 atom stereocenters. The van der Waals surface area contributed by atoms with Gasteiger partial charge in [0.25, 0.3) is 0 Å². The standard InChI is InChI=1S/C77H138O6/c1-4-7-10-13-16-19-22-24-26-28-30-32-33-34-35-36-37-38-39-40-41-42-43-45-46-48-50-52-55-58-61-64-67-70-76(79)82-73-74(72-81-75(78)69-66-63-60-57-54-21-18-15-12-9-6-3)83-77(80)71-68-65-62-59-56-53-51-49-47-44-31-29-27-25-23-20-17-14-11-8-5-2/h8,11,15,17-18,20,25,27-28,30-31,44,74H,4-7,9-10,12-14,16,19,21-24,26,29,32-43,45-73H2,1-3H3/b11-8-,18-15-,20-17-,27-25-,30-28-,44-31-. The first kappa shape index (κ1) is 79.8. The summed E-state index contributed by atoms with van der Waals surface area (Å²) in [5.74, 6) is -0.877. The minimum Gasteiger partial charge on any atom is -0.462 e. The second kappa shape index (κ2) is 71.3. The predicted octanol–water partition coefficient (Wildman–Crippen LogP) is 25.2. The van der Waals surface area contributed by atoms with Crippen LogP contribution in [0.5, 0.6) is 0 Å².